The minimum absolute atomic E-state index is 0.215. The summed E-state index contributed by atoms with van der Waals surface area (Å²) in [4.78, 5) is 7.16. The van der Waals surface area contributed by atoms with E-state index < -0.39 is 0 Å². The predicted octanol–water partition coefficient (Wildman–Crippen LogP) is 5.96. The summed E-state index contributed by atoms with van der Waals surface area (Å²) in [6, 6.07) is 6.18. The van der Waals surface area contributed by atoms with Crippen LogP contribution in [0.3, 0.4) is 0 Å². The standard InChI is InChI=1S/C13H8Br3NS/c1-13(16)6-8(15)5-11-12(13)17-9-3-2-7(14)4-10(9)18-11/h2-6H,1H3. The van der Waals surface area contributed by atoms with Crippen LogP contribution in [0.2, 0.25) is 0 Å². The van der Waals surface area contributed by atoms with Crippen LogP contribution in [0, 0.1) is 0 Å². The smallest absolute Gasteiger partial charge is 0.0854 e. The van der Waals surface area contributed by atoms with Gasteiger partial charge in [0.2, 0.25) is 0 Å². The van der Waals surface area contributed by atoms with Crippen molar-refractivity contribution in [1.29, 1.82) is 0 Å². The Kier molecular flexibility index (Phi) is 3.37. The van der Waals surface area contributed by atoms with Crippen molar-refractivity contribution in [3.8, 4) is 0 Å². The fraction of sp³-hybridized carbons (Fsp3) is 0.154. The lowest BCUT2D eigenvalue weighted by atomic mass is 9.99. The number of thioether (sulfide) groups is 1. The van der Waals surface area contributed by atoms with E-state index in [1.54, 1.807) is 11.8 Å². The number of aliphatic imine (C=N–C) groups is 1. The first-order valence-corrected chi connectivity index (χ1v) is 8.51. The van der Waals surface area contributed by atoms with E-state index >= 15 is 0 Å². The quantitative estimate of drug-likeness (QED) is 0.445. The average molecular weight is 450 g/mol. The van der Waals surface area contributed by atoms with Gasteiger partial charge in [-0.25, -0.2) is 4.99 Å². The third-order valence-electron chi connectivity index (χ3n) is 2.75. The van der Waals surface area contributed by atoms with Crippen LogP contribution in [0.15, 0.2) is 54.1 Å². The lowest BCUT2D eigenvalue weighted by Crippen LogP contribution is -2.30. The predicted molar refractivity (Wildman–Crippen MR) is 89.5 cm³/mol. The average Bonchev–Trinajstić information content (AvgIpc) is 2.25. The number of alkyl halides is 1. The van der Waals surface area contributed by atoms with Crippen molar-refractivity contribution in [3.05, 3.63) is 44.2 Å². The molecule has 0 N–H and O–H groups in total. The lowest BCUT2D eigenvalue weighted by Gasteiger charge is -2.30. The van der Waals surface area contributed by atoms with Crippen molar-refractivity contribution < 1.29 is 0 Å². The molecule has 5 heteroatoms. The molecule has 1 unspecified atom stereocenters. The molecule has 0 bridgehead atoms. The van der Waals surface area contributed by atoms with Crippen molar-refractivity contribution in [3.63, 3.8) is 0 Å². The highest BCUT2D eigenvalue weighted by Crippen LogP contribution is 2.48. The van der Waals surface area contributed by atoms with Crippen molar-refractivity contribution >= 4 is 71.0 Å². The SMILES string of the molecule is CC1(Br)C=C(Br)C=C2Sc3cc(Br)ccc3N=C21. The number of hydrogen-bond acceptors (Lipinski definition) is 2. The summed E-state index contributed by atoms with van der Waals surface area (Å²) in [7, 11) is 0. The highest BCUT2D eigenvalue weighted by molar-refractivity contribution is 9.12. The topological polar surface area (TPSA) is 12.4 Å². The van der Waals surface area contributed by atoms with Crippen LogP contribution in [0.5, 0.6) is 0 Å². The third kappa shape index (κ3) is 2.30. The van der Waals surface area contributed by atoms with Gasteiger partial charge >= 0.3 is 0 Å². The van der Waals surface area contributed by atoms with Crippen molar-refractivity contribution in [2.24, 2.45) is 4.99 Å². The van der Waals surface area contributed by atoms with Gasteiger partial charge in [0.1, 0.15) is 0 Å². The summed E-state index contributed by atoms with van der Waals surface area (Å²) < 4.78 is 1.95. The molecular weight excluding hydrogens is 442 g/mol. The zero-order valence-corrected chi connectivity index (χ0v) is 15.0. The van der Waals surface area contributed by atoms with Crippen LogP contribution in [-0.4, -0.2) is 10.0 Å². The van der Waals surface area contributed by atoms with Gasteiger partial charge in [-0.05, 0) is 37.3 Å². The number of fused-ring (bicyclic) bond motifs is 2. The molecule has 18 heavy (non-hydrogen) atoms. The lowest BCUT2D eigenvalue weighted by molar-refractivity contribution is 1.07. The summed E-state index contributed by atoms with van der Waals surface area (Å²) in [5.41, 5.74) is 2.11. The Hall–Kier alpha value is 0.160. The van der Waals surface area contributed by atoms with Crippen molar-refractivity contribution in [2.45, 2.75) is 16.1 Å². The Morgan fingerprint density at radius 2 is 2.06 bits per heavy atom. The molecule has 0 saturated carbocycles. The van der Waals surface area contributed by atoms with E-state index in [4.69, 9.17) is 4.99 Å². The largest absolute Gasteiger partial charge is 0.249 e. The molecule has 0 fully saturated rings. The van der Waals surface area contributed by atoms with E-state index in [-0.39, 0.29) is 4.32 Å². The van der Waals surface area contributed by atoms with Gasteiger partial charge in [0, 0.05) is 18.8 Å². The van der Waals surface area contributed by atoms with Gasteiger partial charge in [-0.2, -0.15) is 0 Å². The second-order valence-electron chi connectivity index (χ2n) is 4.29. The van der Waals surface area contributed by atoms with Gasteiger partial charge < -0.3 is 0 Å². The Bertz CT molecular complexity index is 629. The molecule has 0 saturated heterocycles. The molecule has 1 aliphatic carbocycles. The summed E-state index contributed by atoms with van der Waals surface area (Å²) in [5, 5.41) is 0. The number of nitrogens with zero attached hydrogens (tertiary/aromatic N) is 1. The molecule has 1 aliphatic heterocycles. The molecule has 0 amide bonds. The van der Waals surface area contributed by atoms with Crippen molar-refractivity contribution in [1.82, 2.24) is 0 Å². The number of allylic oxidation sites excluding steroid dienone is 4. The van der Waals surface area contributed by atoms with E-state index in [0.717, 1.165) is 20.4 Å². The second kappa shape index (κ2) is 4.62. The summed E-state index contributed by atoms with van der Waals surface area (Å²) >= 11 is 12.6. The van der Waals surface area contributed by atoms with E-state index in [1.165, 1.54) is 9.80 Å². The fourth-order valence-electron chi connectivity index (χ4n) is 1.95. The summed E-state index contributed by atoms with van der Waals surface area (Å²) in [6.07, 6.45) is 4.25. The van der Waals surface area contributed by atoms with Crippen LogP contribution in [0.25, 0.3) is 0 Å². The van der Waals surface area contributed by atoms with E-state index in [9.17, 15) is 0 Å². The van der Waals surface area contributed by atoms with Crippen LogP contribution >= 0.6 is 59.6 Å². The number of rotatable bonds is 0. The highest BCUT2D eigenvalue weighted by atomic mass is 79.9. The Morgan fingerprint density at radius 1 is 1.28 bits per heavy atom. The normalized spacial score (nSPS) is 25.7. The number of benzene rings is 1. The molecule has 0 aromatic heterocycles. The second-order valence-corrected chi connectivity index (χ2v) is 8.85. The third-order valence-corrected chi connectivity index (χ3v) is 5.38. The maximum Gasteiger partial charge on any atom is 0.0854 e. The van der Waals surface area contributed by atoms with Crippen LogP contribution < -0.4 is 0 Å². The molecule has 92 valence electrons. The van der Waals surface area contributed by atoms with Gasteiger partial charge in [0.15, 0.2) is 0 Å². The molecular formula is C13H8Br3NS. The minimum atomic E-state index is -0.215. The van der Waals surface area contributed by atoms with E-state index in [2.05, 4.69) is 72.9 Å². The van der Waals surface area contributed by atoms with Crippen molar-refractivity contribution in [2.75, 3.05) is 0 Å². The summed E-state index contributed by atoms with van der Waals surface area (Å²) in [5.74, 6) is 0. The molecule has 1 heterocycles. The zero-order chi connectivity index (χ0) is 12.9. The van der Waals surface area contributed by atoms with Crippen LogP contribution in [0.1, 0.15) is 6.92 Å². The molecule has 3 rings (SSSR count). The fourth-order valence-corrected chi connectivity index (χ4v) is 5.47. The van der Waals surface area contributed by atoms with Crippen LogP contribution in [0.4, 0.5) is 5.69 Å². The Balaban J connectivity index is 2.18. The first kappa shape index (κ1) is 13.2. The van der Waals surface area contributed by atoms with Gasteiger partial charge in [0.05, 0.1) is 15.7 Å². The van der Waals surface area contributed by atoms with Gasteiger partial charge in [0.25, 0.3) is 0 Å². The molecule has 0 spiro atoms. The Labute approximate surface area is 135 Å². The van der Waals surface area contributed by atoms with E-state index in [1.807, 2.05) is 12.1 Å². The summed E-state index contributed by atoms with van der Waals surface area (Å²) in [6.45, 7) is 2.12. The number of halogens is 3. The first-order valence-electron chi connectivity index (χ1n) is 5.32. The van der Waals surface area contributed by atoms with Gasteiger partial charge in [-0.3, -0.25) is 0 Å². The molecule has 1 nitrogen and oxygen atoms in total. The minimum Gasteiger partial charge on any atom is -0.249 e. The molecule has 1 atom stereocenters. The zero-order valence-electron chi connectivity index (χ0n) is 9.38. The van der Waals surface area contributed by atoms with E-state index in [0.29, 0.717) is 0 Å². The van der Waals surface area contributed by atoms with Gasteiger partial charge in [-0.1, -0.05) is 59.6 Å². The first-order chi connectivity index (χ1) is 8.45. The van der Waals surface area contributed by atoms with Crippen LogP contribution in [-0.2, 0) is 0 Å². The molecule has 1 aromatic carbocycles. The maximum absolute atomic E-state index is 4.79. The number of hydrogen-bond donors (Lipinski definition) is 0. The molecule has 0 radical (unpaired) electrons. The monoisotopic (exact) mass is 447 g/mol. The highest BCUT2D eigenvalue weighted by Gasteiger charge is 2.34. The molecule has 1 aromatic rings. The Morgan fingerprint density at radius 3 is 2.83 bits per heavy atom. The van der Waals surface area contributed by atoms with Gasteiger partial charge in [-0.15, -0.1) is 0 Å². The molecule has 2 aliphatic rings. The maximum atomic E-state index is 4.79.